The van der Waals surface area contributed by atoms with Crippen molar-refractivity contribution in [1.29, 1.82) is 0 Å². The van der Waals surface area contributed by atoms with Gasteiger partial charge in [-0.1, -0.05) is 0 Å². The van der Waals surface area contributed by atoms with Gasteiger partial charge >= 0.3 is 0 Å². The molecule has 0 aromatic heterocycles. The van der Waals surface area contributed by atoms with Gasteiger partial charge in [0.25, 0.3) is 0 Å². The van der Waals surface area contributed by atoms with E-state index in [0.29, 0.717) is 24.7 Å². The summed E-state index contributed by atoms with van der Waals surface area (Å²) in [6.07, 6.45) is 0.176. The van der Waals surface area contributed by atoms with E-state index in [1.54, 1.807) is 6.07 Å². The van der Waals surface area contributed by atoms with Crippen molar-refractivity contribution in [3.8, 4) is 5.75 Å². The first-order chi connectivity index (χ1) is 12.8. The molecule has 0 bridgehead atoms. The number of hydrogen-bond acceptors (Lipinski definition) is 7. The number of nitrogens with zero attached hydrogens (tertiary/aromatic N) is 1. The number of carbonyl (C=O) groups excluding carboxylic acids is 2. The van der Waals surface area contributed by atoms with Crippen LogP contribution in [0.5, 0.6) is 5.75 Å². The average molecular weight is 418 g/mol. The first-order valence-corrected chi connectivity index (χ1v) is 10.9. The van der Waals surface area contributed by atoms with Gasteiger partial charge in [0.2, 0.25) is 21.8 Å². The van der Waals surface area contributed by atoms with E-state index in [9.17, 15) is 18.0 Å². The molecule has 1 aromatic rings. The van der Waals surface area contributed by atoms with Crippen molar-refractivity contribution in [3.63, 3.8) is 0 Å². The molecule has 1 aliphatic heterocycles. The van der Waals surface area contributed by atoms with Gasteiger partial charge in [0.1, 0.15) is 10.6 Å². The Balaban J connectivity index is 2.10. The molecule has 2 amide bonds. The fourth-order valence-corrected chi connectivity index (χ4v) is 4.71. The van der Waals surface area contributed by atoms with E-state index in [2.05, 4.69) is 5.32 Å². The number of anilines is 1. The molecule has 9 nitrogen and oxygen atoms in total. The van der Waals surface area contributed by atoms with Crippen molar-refractivity contribution in [3.05, 3.63) is 18.2 Å². The van der Waals surface area contributed by atoms with Crippen LogP contribution in [0, 0.1) is 0 Å². The van der Waals surface area contributed by atoms with Crippen molar-refractivity contribution in [1.82, 2.24) is 4.31 Å². The Morgan fingerprint density at radius 1 is 1.33 bits per heavy atom. The third-order valence-electron chi connectivity index (χ3n) is 3.75. The smallest absolute Gasteiger partial charge is 0.246 e. The van der Waals surface area contributed by atoms with Crippen molar-refractivity contribution in [2.75, 3.05) is 50.2 Å². The number of thioether (sulfide) groups is 1. The summed E-state index contributed by atoms with van der Waals surface area (Å²) in [5.74, 6) is 0.0682. The molecule has 1 aliphatic rings. The lowest BCUT2D eigenvalue weighted by Gasteiger charge is -2.26. The zero-order valence-electron chi connectivity index (χ0n) is 15.0. The van der Waals surface area contributed by atoms with Gasteiger partial charge in [-0.2, -0.15) is 16.1 Å². The summed E-state index contributed by atoms with van der Waals surface area (Å²) in [4.78, 5) is 22.7. The summed E-state index contributed by atoms with van der Waals surface area (Å²) in [5.41, 5.74) is 5.39. The second kappa shape index (κ2) is 9.93. The Morgan fingerprint density at radius 3 is 2.67 bits per heavy atom. The minimum Gasteiger partial charge on any atom is -0.495 e. The van der Waals surface area contributed by atoms with Crippen LogP contribution in [0.25, 0.3) is 0 Å². The summed E-state index contributed by atoms with van der Waals surface area (Å²) < 4.78 is 37.5. The number of morpholine rings is 1. The standard InChI is InChI=1S/C16H23N3O6S2/c1-24-13-3-2-12(18-16(21)4-9-26-11-15(17)20)10-14(13)27(22,23)19-5-7-25-8-6-19/h2-3,10H,4-9,11H2,1H3,(H2,17,20)(H,18,21). The molecule has 11 heteroatoms. The quantitative estimate of drug-likeness (QED) is 0.552. The maximum atomic E-state index is 12.9. The van der Waals surface area contributed by atoms with Crippen LogP contribution in [0.1, 0.15) is 6.42 Å². The normalized spacial score (nSPS) is 15.3. The molecule has 3 N–H and O–H groups in total. The van der Waals surface area contributed by atoms with Gasteiger partial charge < -0.3 is 20.5 Å². The van der Waals surface area contributed by atoms with Gasteiger partial charge in [0.05, 0.1) is 26.1 Å². The summed E-state index contributed by atoms with van der Waals surface area (Å²) in [5, 5.41) is 2.67. The molecule has 0 radical (unpaired) electrons. The number of hydrogen-bond donors (Lipinski definition) is 2. The van der Waals surface area contributed by atoms with E-state index < -0.39 is 15.9 Å². The topological polar surface area (TPSA) is 128 Å². The lowest BCUT2D eigenvalue weighted by atomic mass is 10.3. The number of sulfonamides is 1. The number of nitrogens with one attached hydrogen (secondary N) is 1. The summed E-state index contributed by atoms with van der Waals surface area (Å²) in [6.45, 7) is 1.19. The lowest BCUT2D eigenvalue weighted by Crippen LogP contribution is -2.40. The number of rotatable bonds is 9. The largest absolute Gasteiger partial charge is 0.495 e. The van der Waals surface area contributed by atoms with Gasteiger partial charge in [0.15, 0.2) is 0 Å². The molecule has 0 spiro atoms. The Labute approximate surface area is 162 Å². The van der Waals surface area contributed by atoms with Crippen molar-refractivity contribution < 1.29 is 27.5 Å². The number of nitrogens with two attached hydrogens (primary N) is 1. The highest BCUT2D eigenvalue weighted by atomic mass is 32.2. The molecule has 150 valence electrons. The maximum Gasteiger partial charge on any atom is 0.246 e. The second-order valence-corrected chi connectivity index (χ2v) is 8.71. The van der Waals surface area contributed by atoms with Crippen LogP contribution in [0.4, 0.5) is 5.69 Å². The molecule has 27 heavy (non-hydrogen) atoms. The van der Waals surface area contributed by atoms with Crippen molar-refractivity contribution >= 4 is 39.3 Å². The van der Waals surface area contributed by atoms with Gasteiger partial charge in [-0.05, 0) is 18.2 Å². The van der Waals surface area contributed by atoms with Crippen LogP contribution in [0.3, 0.4) is 0 Å². The highest BCUT2D eigenvalue weighted by Gasteiger charge is 2.29. The predicted octanol–water partition coefficient (Wildman–Crippen LogP) is 0.263. The van der Waals surface area contributed by atoms with E-state index in [-0.39, 0.29) is 41.8 Å². The third kappa shape index (κ3) is 6.09. The Kier molecular flexibility index (Phi) is 7.90. The zero-order chi connectivity index (χ0) is 19.9. The van der Waals surface area contributed by atoms with Gasteiger partial charge in [0, 0.05) is 31.0 Å². The molecule has 0 unspecified atom stereocenters. The highest BCUT2D eigenvalue weighted by molar-refractivity contribution is 7.99. The van der Waals surface area contributed by atoms with Gasteiger partial charge in [-0.3, -0.25) is 9.59 Å². The molecule has 0 saturated carbocycles. The fourth-order valence-electron chi connectivity index (χ4n) is 2.44. The van der Waals surface area contributed by atoms with Crippen molar-refractivity contribution in [2.24, 2.45) is 5.73 Å². The predicted molar refractivity (Wildman–Crippen MR) is 102 cm³/mol. The number of methoxy groups -OCH3 is 1. The van der Waals surface area contributed by atoms with E-state index in [1.165, 1.54) is 35.3 Å². The van der Waals surface area contributed by atoms with Crippen LogP contribution in [0.15, 0.2) is 23.1 Å². The van der Waals surface area contributed by atoms with E-state index in [4.69, 9.17) is 15.2 Å². The molecule has 1 aromatic carbocycles. The zero-order valence-corrected chi connectivity index (χ0v) is 16.6. The minimum atomic E-state index is -3.77. The molecular weight excluding hydrogens is 394 g/mol. The molecule has 1 saturated heterocycles. The SMILES string of the molecule is COc1ccc(NC(=O)CCSCC(N)=O)cc1S(=O)(=O)N1CCOCC1. The Morgan fingerprint density at radius 2 is 2.04 bits per heavy atom. The van der Waals surface area contributed by atoms with Crippen LogP contribution >= 0.6 is 11.8 Å². The average Bonchev–Trinajstić information content (AvgIpc) is 2.65. The summed E-state index contributed by atoms with van der Waals surface area (Å²) >= 11 is 1.26. The number of amides is 2. The molecule has 0 atom stereocenters. The monoisotopic (exact) mass is 417 g/mol. The first kappa shape index (κ1) is 21.5. The Hall–Kier alpha value is -1.82. The molecule has 1 heterocycles. The van der Waals surface area contributed by atoms with Crippen molar-refractivity contribution in [2.45, 2.75) is 11.3 Å². The number of primary amides is 1. The Bertz CT molecular complexity index is 778. The third-order valence-corrected chi connectivity index (χ3v) is 6.65. The van der Waals surface area contributed by atoms with Crippen LogP contribution in [-0.2, 0) is 24.3 Å². The van der Waals surface area contributed by atoms with Crippen LogP contribution in [-0.4, -0.2) is 69.5 Å². The van der Waals surface area contributed by atoms with Crippen LogP contribution in [0.2, 0.25) is 0 Å². The summed E-state index contributed by atoms with van der Waals surface area (Å²) in [6, 6.07) is 4.47. The minimum absolute atomic E-state index is 0.00666. The molecule has 2 rings (SSSR count). The molecular formula is C16H23N3O6S2. The van der Waals surface area contributed by atoms with Gasteiger partial charge in [-0.25, -0.2) is 8.42 Å². The second-order valence-electron chi connectivity index (χ2n) is 5.70. The van der Waals surface area contributed by atoms with E-state index >= 15 is 0 Å². The van der Waals surface area contributed by atoms with Crippen LogP contribution < -0.4 is 15.8 Å². The number of carbonyl (C=O) groups is 2. The fraction of sp³-hybridized carbons (Fsp3) is 0.500. The van der Waals surface area contributed by atoms with E-state index in [1.807, 2.05) is 0 Å². The maximum absolute atomic E-state index is 12.9. The molecule has 0 aliphatic carbocycles. The lowest BCUT2D eigenvalue weighted by molar-refractivity contribution is -0.116. The van der Waals surface area contributed by atoms with Gasteiger partial charge in [-0.15, -0.1) is 0 Å². The highest BCUT2D eigenvalue weighted by Crippen LogP contribution is 2.30. The number of ether oxygens (including phenoxy) is 2. The number of benzene rings is 1. The first-order valence-electron chi connectivity index (χ1n) is 8.26. The van der Waals surface area contributed by atoms with E-state index in [0.717, 1.165) is 0 Å². The molecule has 1 fully saturated rings. The summed E-state index contributed by atoms with van der Waals surface area (Å²) in [7, 11) is -2.38.